The van der Waals surface area contributed by atoms with Gasteiger partial charge in [-0.2, -0.15) is 0 Å². The van der Waals surface area contributed by atoms with Gasteiger partial charge >= 0.3 is 0 Å². The Morgan fingerprint density at radius 1 is 1.36 bits per heavy atom. The fourth-order valence-corrected chi connectivity index (χ4v) is 2.74. The molecule has 0 aromatic heterocycles. The van der Waals surface area contributed by atoms with Crippen LogP contribution in [0.25, 0.3) is 0 Å². The summed E-state index contributed by atoms with van der Waals surface area (Å²) in [5, 5.41) is 6.53. The van der Waals surface area contributed by atoms with Crippen molar-refractivity contribution in [3.63, 3.8) is 0 Å². The van der Waals surface area contributed by atoms with Gasteiger partial charge in [-0.15, -0.1) is 0 Å². The maximum Gasteiger partial charge on any atom is 0.220 e. The summed E-state index contributed by atoms with van der Waals surface area (Å²) in [4.78, 5) is 12.1. The molecule has 1 aliphatic heterocycles. The number of hydrogen-bond donors (Lipinski definition) is 2. The molecule has 1 fully saturated rings. The number of carbonyl (C=O) groups excluding carboxylic acids is 1. The van der Waals surface area contributed by atoms with E-state index < -0.39 is 0 Å². The molecule has 0 spiro atoms. The van der Waals surface area contributed by atoms with E-state index in [1.807, 2.05) is 24.3 Å². The second-order valence-electron chi connectivity index (χ2n) is 6.14. The van der Waals surface area contributed by atoms with Crippen molar-refractivity contribution in [2.45, 2.75) is 45.6 Å². The zero-order chi connectivity index (χ0) is 15.8. The molecule has 1 aromatic carbocycles. The fraction of sp³-hybridized carbons (Fsp3) is 0.611. The molecule has 0 radical (unpaired) electrons. The molecule has 2 atom stereocenters. The third-order valence-corrected chi connectivity index (χ3v) is 4.17. The summed E-state index contributed by atoms with van der Waals surface area (Å²) in [6, 6.07) is 8.38. The predicted molar refractivity (Wildman–Crippen MR) is 89.1 cm³/mol. The molecule has 0 saturated carbocycles. The lowest BCUT2D eigenvalue weighted by Gasteiger charge is -2.30. The molecule has 1 aromatic rings. The van der Waals surface area contributed by atoms with E-state index in [9.17, 15) is 4.79 Å². The van der Waals surface area contributed by atoms with Crippen molar-refractivity contribution in [2.24, 2.45) is 5.92 Å². The van der Waals surface area contributed by atoms with Gasteiger partial charge in [-0.3, -0.25) is 4.79 Å². The largest absolute Gasteiger partial charge is 0.494 e. The molecule has 1 saturated heterocycles. The van der Waals surface area contributed by atoms with Crippen molar-refractivity contribution in [1.82, 2.24) is 10.6 Å². The van der Waals surface area contributed by atoms with Crippen molar-refractivity contribution >= 4 is 5.91 Å². The second kappa shape index (κ2) is 8.79. The van der Waals surface area contributed by atoms with E-state index >= 15 is 0 Å². The average molecular weight is 304 g/mol. The van der Waals surface area contributed by atoms with Crippen LogP contribution in [-0.2, 0) is 11.2 Å². The Kier molecular flexibility index (Phi) is 6.72. The van der Waals surface area contributed by atoms with Gasteiger partial charge in [0.1, 0.15) is 5.75 Å². The van der Waals surface area contributed by atoms with Crippen LogP contribution in [-0.4, -0.2) is 31.6 Å². The van der Waals surface area contributed by atoms with E-state index in [-0.39, 0.29) is 5.91 Å². The zero-order valence-corrected chi connectivity index (χ0v) is 13.7. The van der Waals surface area contributed by atoms with Crippen LogP contribution in [0, 0.1) is 5.92 Å². The summed E-state index contributed by atoms with van der Waals surface area (Å²) in [6.07, 6.45) is 3.36. The number of amides is 1. The highest BCUT2D eigenvalue weighted by Gasteiger charge is 2.22. The summed E-state index contributed by atoms with van der Waals surface area (Å²) >= 11 is 0. The van der Waals surface area contributed by atoms with Gasteiger partial charge in [-0.05, 0) is 56.0 Å². The first-order valence-corrected chi connectivity index (χ1v) is 8.41. The zero-order valence-electron chi connectivity index (χ0n) is 13.7. The SMILES string of the molecule is CCCOc1ccc(CCC(=O)NC2CCNCC2C)cc1. The van der Waals surface area contributed by atoms with E-state index in [2.05, 4.69) is 24.5 Å². The molecule has 4 nitrogen and oxygen atoms in total. The van der Waals surface area contributed by atoms with Crippen LogP contribution < -0.4 is 15.4 Å². The van der Waals surface area contributed by atoms with Crippen molar-refractivity contribution in [3.05, 3.63) is 29.8 Å². The molecule has 122 valence electrons. The van der Waals surface area contributed by atoms with Crippen LogP contribution in [0.5, 0.6) is 5.75 Å². The molecule has 4 heteroatoms. The Labute approximate surface area is 133 Å². The van der Waals surface area contributed by atoms with Crippen LogP contribution in [0.3, 0.4) is 0 Å². The molecule has 1 aliphatic rings. The monoisotopic (exact) mass is 304 g/mol. The maximum absolute atomic E-state index is 12.1. The highest BCUT2D eigenvalue weighted by atomic mass is 16.5. The topological polar surface area (TPSA) is 50.4 Å². The third kappa shape index (κ3) is 5.34. The highest BCUT2D eigenvalue weighted by molar-refractivity contribution is 5.76. The first-order chi connectivity index (χ1) is 10.7. The molecule has 1 heterocycles. The molecule has 22 heavy (non-hydrogen) atoms. The molecular weight excluding hydrogens is 276 g/mol. The van der Waals surface area contributed by atoms with Gasteiger partial charge in [-0.1, -0.05) is 26.0 Å². The number of piperidine rings is 1. The van der Waals surface area contributed by atoms with Crippen LogP contribution in [0.15, 0.2) is 24.3 Å². The standard InChI is InChI=1S/C18H28N2O2/c1-3-12-22-16-7-4-15(5-8-16)6-9-18(21)20-17-10-11-19-13-14(17)2/h4-5,7-8,14,17,19H,3,6,9-13H2,1-2H3,(H,20,21). The molecule has 0 aliphatic carbocycles. The Bertz CT molecular complexity index is 459. The second-order valence-corrected chi connectivity index (χ2v) is 6.14. The summed E-state index contributed by atoms with van der Waals surface area (Å²) in [6.45, 7) is 7.01. The number of nitrogens with one attached hydrogen (secondary N) is 2. The van der Waals surface area contributed by atoms with Crippen LogP contribution in [0.1, 0.15) is 38.7 Å². The van der Waals surface area contributed by atoms with Crippen molar-refractivity contribution in [2.75, 3.05) is 19.7 Å². The lowest BCUT2D eigenvalue weighted by Crippen LogP contribution is -2.48. The quantitative estimate of drug-likeness (QED) is 0.814. The molecule has 2 N–H and O–H groups in total. The summed E-state index contributed by atoms with van der Waals surface area (Å²) in [5.74, 6) is 1.57. The van der Waals surface area contributed by atoms with Crippen LogP contribution in [0.4, 0.5) is 0 Å². The minimum Gasteiger partial charge on any atom is -0.494 e. The molecule has 2 rings (SSSR count). The van der Waals surface area contributed by atoms with E-state index in [0.717, 1.165) is 44.7 Å². The van der Waals surface area contributed by atoms with Gasteiger partial charge in [0.05, 0.1) is 6.61 Å². The van der Waals surface area contributed by atoms with Crippen molar-refractivity contribution in [3.8, 4) is 5.75 Å². The van der Waals surface area contributed by atoms with Crippen LogP contribution in [0.2, 0.25) is 0 Å². The number of hydrogen-bond acceptors (Lipinski definition) is 3. The summed E-state index contributed by atoms with van der Waals surface area (Å²) in [5.41, 5.74) is 1.18. The lowest BCUT2D eigenvalue weighted by molar-refractivity contribution is -0.122. The molecule has 1 amide bonds. The number of ether oxygens (including phenoxy) is 1. The summed E-state index contributed by atoms with van der Waals surface area (Å²) < 4.78 is 5.56. The normalized spacial score (nSPS) is 21.4. The molecule has 2 unspecified atom stereocenters. The van der Waals surface area contributed by atoms with E-state index in [1.54, 1.807) is 0 Å². The summed E-state index contributed by atoms with van der Waals surface area (Å²) in [7, 11) is 0. The van der Waals surface area contributed by atoms with E-state index in [0.29, 0.717) is 18.4 Å². The highest BCUT2D eigenvalue weighted by Crippen LogP contribution is 2.14. The molecular formula is C18H28N2O2. The maximum atomic E-state index is 12.1. The number of aryl methyl sites for hydroxylation is 1. The Morgan fingerprint density at radius 3 is 2.82 bits per heavy atom. The van der Waals surface area contributed by atoms with Gasteiger partial charge in [0.25, 0.3) is 0 Å². The van der Waals surface area contributed by atoms with E-state index in [4.69, 9.17) is 4.74 Å². The Balaban J connectivity index is 1.73. The van der Waals surface area contributed by atoms with Gasteiger partial charge in [0.15, 0.2) is 0 Å². The van der Waals surface area contributed by atoms with Gasteiger partial charge in [0.2, 0.25) is 5.91 Å². The number of rotatable bonds is 7. The lowest BCUT2D eigenvalue weighted by atomic mass is 9.95. The molecule has 0 bridgehead atoms. The minimum absolute atomic E-state index is 0.157. The number of benzene rings is 1. The predicted octanol–water partition coefficient (Wildman–Crippen LogP) is 2.52. The van der Waals surface area contributed by atoms with Gasteiger partial charge in [0, 0.05) is 12.5 Å². The first kappa shape index (κ1) is 16.8. The van der Waals surface area contributed by atoms with Gasteiger partial charge in [-0.25, -0.2) is 0 Å². The third-order valence-electron chi connectivity index (χ3n) is 4.17. The first-order valence-electron chi connectivity index (χ1n) is 8.41. The average Bonchev–Trinajstić information content (AvgIpc) is 2.54. The fourth-order valence-electron chi connectivity index (χ4n) is 2.74. The minimum atomic E-state index is 0.157. The van der Waals surface area contributed by atoms with Crippen molar-refractivity contribution in [1.29, 1.82) is 0 Å². The number of carbonyl (C=O) groups is 1. The van der Waals surface area contributed by atoms with E-state index in [1.165, 1.54) is 5.56 Å². The van der Waals surface area contributed by atoms with Crippen LogP contribution >= 0.6 is 0 Å². The van der Waals surface area contributed by atoms with Crippen molar-refractivity contribution < 1.29 is 9.53 Å². The Morgan fingerprint density at radius 2 is 2.14 bits per heavy atom. The Hall–Kier alpha value is -1.55. The smallest absolute Gasteiger partial charge is 0.220 e. The van der Waals surface area contributed by atoms with Gasteiger partial charge < -0.3 is 15.4 Å².